The number of aliphatic hydroxyl groups is 1. The minimum Gasteiger partial charge on any atom is -0.388 e. The molecule has 98 valence electrons. The van der Waals surface area contributed by atoms with Crippen LogP contribution in [-0.4, -0.2) is 43.0 Å². The van der Waals surface area contributed by atoms with Gasteiger partial charge in [0.2, 0.25) is 0 Å². The first-order valence-corrected chi connectivity index (χ1v) is 5.98. The van der Waals surface area contributed by atoms with Gasteiger partial charge in [0.15, 0.2) is 0 Å². The third-order valence-corrected chi connectivity index (χ3v) is 2.74. The molecule has 1 saturated carbocycles. The number of hydrogen-bond donors (Lipinski definition) is 3. The first-order valence-electron chi connectivity index (χ1n) is 5.98. The number of nitrogens with one attached hydrogen (secondary N) is 2. The van der Waals surface area contributed by atoms with E-state index in [9.17, 15) is 9.90 Å². The SMILES string of the molecule is C=C(C)COCCNC(=O)NCC1(O)CCC1. The molecule has 0 bridgehead atoms. The zero-order valence-electron chi connectivity index (χ0n) is 10.4. The van der Waals surface area contributed by atoms with Crippen LogP contribution in [0.15, 0.2) is 12.2 Å². The summed E-state index contributed by atoms with van der Waals surface area (Å²) in [5.41, 5.74) is 0.287. The van der Waals surface area contributed by atoms with Gasteiger partial charge in [0, 0.05) is 13.1 Å². The van der Waals surface area contributed by atoms with E-state index in [1.54, 1.807) is 0 Å². The fraction of sp³-hybridized carbons (Fsp3) is 0.750. The summed E-state index contributed by atoms with van der Waals surface area (Å²) < 4.78 is 5.23. The van der Waals surface area contributed by atoms with E-state index in [2.05, 4.69) is 17.2 Å². The molecule has 0 aliphatic heterocycles. The Kier molecular flexibility index (Phi) is 5.44. The van der Waals surface area contributed by atoms with Crippen LogP contribution in [0, 0.1) is 0 Å². The lowest BCUT2D eigenvalue weighted by Gasteiger charge is -2.36. The first kappa shape index (κ1) is 14.0. The minimum atomic E-state index is -0.673. The summed E-state index contributed by atoms with van der Waals surface area (Å²) in [7, 11) is 0. The highest BCUT2D eigenvalue weighted by atomic mass is 16.5. The molecule has 1 aliphatic rings. The second-order valence-corrected chi connectivity index (χ2v) is 4.70. The van der Waals surface area contributed by atoms with Gasteiger partial charge < -0.3 is 20.5 Å². The largest absolute Gasteiger partial charge is 0.388 e. The minimum absolute atomic E-state index is 0.260. The number of amides is 2. The van der Waals surface area contributed by atoms with Crippen molar-refractivity contribution in [3.63, 3.8) is 0 Å². The Morgan fingerprint density at radius 1 is 1.47 bits per heavy atom. The highest BCUT2D eigenvalue weighted by molar-refractivity contribution is 5.73. The molecular weight excluding hydrogens is 220 g/mol. The predicted octanol–water partition coefficient (Wildman–Crippen LogP) is 0.793. The van der Waals surface area contributed by atoms with Crippen LogP contribution in [0.3, 0.4) is 0 Å². The standard InChI is InChI=1S/C12H22N2O3/c1-10(2)8-17-7-6-13-11(15)14-9-12(16)4-3-5-12/h16H,1,3-9H2,2H3,(H2,13,14,15). The molecule has 3 N–H and O–H groups in total. The van der Waals surface area contributed by atoms with Gasteiger partial charge in [0.1, 0.15) is 0 Å². The van der Waals surface area contributed by atoms with E-state index in [-0.39, 0.29) is 6.03 Å². The fourth-order valence-electron chi connectivity index (χ4n) is 1.55. The number of hydrogen-bond acceptors (Lipinski definition) is 3. The van der Waals surface area contributed by atoms with Gasteiger partial charge in [0.25, 0.3) is 0 Å². The topological polar surface area (TPSA) is 70.6 Å². The Labute approximate surface area is 102 Å². The van der Waals surface area contributed by atoms with E-state index in [0.29, 0.717) is 26.3 Å². The normalized spacial score (nSPS) is 17.1. The van der Waals surface area contributed by atoms with Crippen LogP contribution >= 0.6 is 0 Å². The van der Waals surface area contributed by atoms with Crippen molar-refractivity contribution in [2.45, 2.75) is 31.8 Å². The van der Waals surface area contributed by atoms with Gasteiger partial charge in [-0.1, -0.05) is 12.2 Å². The van der Waals surface area contributed by atoms with Crippen LogP contribution in [-0.2, 0) is 4.74 Å². The van der Waals surface area contributed by atoms with Gasteiger partial charge in [-0.2, -0.15) is 0 Å². The molecular formula is C12H22N2O3. The van der Waals surface area contributed by atoms with Crippen LogP contribution in [0.25, 0.3) is 0 Å². The summed E-state index contributed by atoms with van der Waals surface area (Å²) in [4.78, 5) is 11.3. The third kappa shape index (κ3) is 5.70. The van der Waals surface area contributed by atoms with Crippen molar-refractivity contribution >= 4 is 6.03 Å². The molecule has 1 rings (SSSR count). The van der Waals surface area contributed by atoms with Crippen LogP contribution < -0.4 is 10.6 Å². The first-order chi connectivity index (χ1) is 8.02. The Bertz CT molecular complexity index is 275. The number of urea groups is 1. The maximum Gasteiger partial charge on any atom is 0.314 e. The zero-order chi connectivity index (χ0) is 12.7. The molecule has 0 aromatic rings. The second-order valence-electron chi connectivity index (χ2n) is 4.70. The van der Waals surface area contributed by atoms with Crippen LogP contribution in [0.2, 0.25) is 0 Å². The maximum atomic E-state index is 11.3. The molecule has 2 amide bonds. The van der Waals surface area contributed by atoms with Crippen molar-refractivity contribution in [2.75, 3.05) is 26.3 Å². The summed E-state index contributed by atoms with van der Waals surface area (Å²) in [6, 6.07) is -0.260. The van der Waals surface area contributed by atoms with E-state index in [1.165, 1.54) is 0 Å². The molecule has 17 heavy (non-hydrogen) atoms. The van der Waals surface area contributed by atoms with Gasteiger partial charge in [-0.25, -0.2) is 4.79 Å². The molecule has 1 aliphatic carbocycles. The molecule has 0 atom stereocenters. The summed E-state index contributed by atoms with van der Waals surface area (Å²) in [5, 5.41) is 15.1. The molecule has 0 unspecified atom stereocenters. The number of carbonyl (C=O) groups is 1. The molecule has 0 saturated heterocycles. The average Bonchev–Trinajstić information content (AvgIpc) is 2.23. The van der Waals surface area contributed by atoms with Crippen LogP contribution in [0.5, 0.6) is 0 Å². The fourth-order valence-corrected chi connectivity index (χ4v) is 1.55. The number of rotatable bonds is 7. The van der Waals surface area contributed by atoms with E-state index in [4.69, 9.17) is 4.74 Å². The highest BCUT2D eigenvalue weighted by Crippen LogP contribution is 2.30. The van der Waals surface area contributed by atoms with Gasteiger partial charge in [-0.3, -0.25) is 0 Å². The zero-order valence-corrected chi connectivity index (χ0v) is 10.4. The van der Waals surface area contributed by atoms with Gasteiger partial charge in [-0.05, 0) is 26.2 Å². The maximum absolute atomic E-state index is 11.3. The van der Waals surface area contributed by atoms with Crippen molar-refractivity contribution in [2.24, 2.45) is 0 Å². The Balaban J connectivity index is 1.96. The smallest absolute Gasteiger partial charge is 0.314 e. The van der Waals surface area contributed by atoms with E-state index < -0.39 is 5.60 Å². The Morgan fingerprint density at radius 2 is 2.18 bits per heavy atom. The molecule has 1 fully saturated rings. The van der Waals surface area contributed by atoms with E-state index in [1.807, 2.05) is 6.92 Å². The predicted molar refractivity (Wildman–Crippen MR) is 65.8 cm³/mol. The van der Waals surface area contributed by atoms with Crippen molar-refractivity contribution in [1.29, 1.82) is 0 Å². The van der Waals surface area contributed by atoms with Gasteiger partial charge in [0.05, 0.1) is 18.8 Å². The van der Waals surface area contributed by atoms with Gasteiger partial charge in [-0.15, -0.1) is 0 Å². The summed E-state index contributed by atoms with van der Waals surface area (Å²) in [6.45, 7) is 7.36. The monoisotopic (exact) mass is 242 g/mol. The molecule has 0 aromatic heterocycles. The van der Waals surface area contributed by atoms with E-state index in [0.717, 1.165) is 24.8 Å². The van der Waals surface area contributed by atoms with Crippen molar-refractivity contribution < 1.29 is 14.6 Å². The van der Waals surface area contributed by atoms with Crippen LogP contribution in [0.1, 0.15) is 26.2 Å². The quantitative estimate of drug-likeness (QED) is 0.456. The third-order valence-electron chi connectivity index (χ3n) is 2.74. The van der Waals surface area contributed by atoms with Crippen molar-refractivity contribution in [3.8, 4) is 0 Å². The summed E-state index contributed by atoms with van der Waals surface area (Å²) in [5.74, 6) is 0. The van der Waals surface area contributed by atoms with Gasteiger partial charge >= 0.3 is 6.03 Å². The lowest BCUT2D eigenvalue weighted by molar-refractivity contribution is -0.0290. The molecule has 5 nitrogen and oxygen atoms in total. The lowest BCUT2D eigenvalue weighted by atomic mass is 9.80. The highest BCUT2D eigenvalue weighted by Gasteiger charge is 2.34. The molecule has 0 aromatic carbocycles. The van der Waals surface area contributed by atoms with Crippen LogP contribution in [0.4, 0.5) is 4.79 Å². The van der Waals surface area contributed by atoms with Crippen molar-refractivity contribution in [1.82, 2.24) is 10.6 Å². The van der Waals surface area contributed by atoms with Crippen molar-refractivity contribution in [3.05, 3.63) is 12.2 Å². The Hall–Kier alpha value is -1.07. The van der Waals surface area contributed by atoms with E-state index >= 15 is 0 Å². The molecule has 5 heteroatoms. The molecule has 0 heterocycles. The molecule has 0 spiro atoms. The second kappa shape index (κ2) is 6.61. The number of carbonyl (C=O) groups excluding carboxylic acids is 1. The Morgan fingerprint density at radius 3 is 2.71 bits per heavy atom. The summed E-state index contributed by atoms with van der Waals surface area (Å²) >= 11 is 0. The number of ether oxygens (including phenoxy) is 1. The summed E-state index contributed by atoms with van der Waals surface area (Å²) in [6.07, 6.45) is 2.58. The lowest BCUT2D eigenvalue weighted by Crippen LogP contribution is -2.50. The molecule has 0 radical (unpaired) electrons. The average molecular weight is 242 g/mol.